The molecule has 7 nitrogen and oxygen atoms in total. The Morgan fingerprint density at radius 1 is 1.47 bits per heavy atom. The number of hydrazine groups is 1. The Labute approximate surface area is 114 Å². The molecule has 0 atom stereocenters. The largest absolute Gasteiger partial charge is 0.357 e. The van der Waals surface area contributed by atoms with Crippen LogP contribution in [0.4, 0.5) is 5.95 Å². The van der Waals surface area contributed by atoms with Crippen LogP contribution in [0.3, 0.4) is 0 Å². The number of nitrogens with one attached hydrogen (secondary N) is 2. The summed E-state index contributed by atoms with van der Waals surface area (Å²) in [6.45, 7) is 4.06. The highest BCUT2D eigenvalue weighted by molar-refractivity contribution is 6.30. The van der Waals surface area contributed by atoms with Gasteiger partial charge in [0.2, 0.25) is 5.95 Å². The maximum atomic E-state index is 11.8. The lowest BCUT2D eigenvalue weighted by atomic mass is 10.4. The van der Waals surface area contributed by atoms with Crippen LogP contribution in [-0.2, 0) is 0 Å². The highest BCUT2D eigenvalue weighted by Crippen LogP contribution is 2.09. The van der Waals surface area contributed by atoms with Gasteiger partial charge in [0.1, 0.15) is 12.1 Å². The summed E-state index contributed by atoms with van der Waals surface area (Å²) in [6, 6.07) is 3.17. The molecule has 2 aromatic heterocycles. The van der Waals surface area contributed by atoms with Crippen LogP contribution in [-0.4, -0.2) is 26.1 Å². The van der Waals surface area contributed by atoms with Crippen LogP contribution in [0.5, 0.6) is 0 Å². The fourth-order valence-corrected chi connectivity index (χ4v) is 1.43. The van der Waals surface area contributed by atoms with E-state index in [9.17, 15) is 4.79 Å². The third-order valence-electron chi connectivity index (χ3n) is 2.10. The minimum absolute atomic E-state index is 0.171. The van der Waals surface area contributed by atoms with Gasteiger partial charge in [0.15, 0.2) is 0 Å². The molecule has 2 rings (SSSR count). The van der Waals surface area contributed by atoms with E-state index in [1.807, 2.05) is 0 Å². The number of anilines is 1. The molecule has 0 saturated heterocycles. The first-order valence-electron chi connectivity index (χ1n) is 5.38. The van der Waals surface area contributed by atoms with Crippen molar-refractivity contribution in [2.24, 2.45) is 0 Å². The molecule has 19 heavy (non-hydrogen) atoms. The van der Waals surface area contributed by atoms with Crippen LogP contribution in [0.25, 0.3) is 5.82 Å². The van der Waals surface area contributed by atoms with Crippen molar-refractivity contribution in [1.82, 2.24) is 24.9 Å². The van der Waals surface area contributed by atoms with Crippen LogP contribution in [0.1, 0.15) is 0 Å². The highest BCUT2D eigenvalue weighted by atomic mass is 35.5. The van der Waals surface area contributed by atoms with Gasteiger partial charge in [-0.25, -0.2) is 24.8 Å². The lowest BCUT2D eigenvalue weighted by Crippen LogP contribution is -2.28. The molecule has 0 saturated carbocycles. The number of hydrogen-bond donors (Lipinski definition) is 2. The molecule has 2 aromatic rings. The normalized spacial score (nSPS) is 10.2. The number of hydrogen-bond acceptors (Lipinski definition) is 6. The van der Waals surface area contributed by atoms with Gasteiger partial charge in [0.25, 0.3) is 0 Å². The van der Waals surface area contributed by atoms with E-state index in [0.29, 0.717) is 17.4 Å². The number of pyridine rings is 1. The molecule has 0 fully saturated rings. The van der Waals surface area contributed by atoms with E-state index in [1.54, 1.807) is 18.2 Å². The van der Waals surface area contributed by atoms with E-state index in [4.69, 9.17) is 11.6 Å². The van der Waals surface area contributed by atoms with Crippen LogP contribution >= 0.6 is 11.6 Å². The van der Waals surface area contributed by atoms with Gasteiger partial charge in [-0.15, -0.1) is 6.58 Å². The first-order chi connectivity index (χ1) is 9.20. The highest BCUT2D eigenvalue weighted by Gasteiger charge is 2.05. The summed E-state index contributed by atoms with van der Waals surface area (Å²) in [7, 11) is 0. The lowest BCUT2D eigenvalue weighted by Gasteiger charge is -2.06. The second kappa shape index (κ2) is 6.07. The summed E-state index contributed by atoms with van der Waals surface area (Å²) < 4.78 is 1.20. The summed E-state index contributed by atoms with van der Waals surface area (Å²) in [4.78, 5) is 23.6. The number of halogens is 1. The second-order valence-electron chi connectivity index (χ2n) is 3.46. The van der Waals surface area contributed by atoms with Crippen LogP contribution in [0, 0.1) is 0 Å². The summed E-state index contributed by atoms with van der Waals surface area (Å²) in [5, 5.41) is 0.478. The maximum absolute atomic E-state index is 11.8. The molecule has 0 aliphatic heterocycles. The zero-order valence-electron chi connectivity index (χ0n) is 9.88. The van der Waals surface area contributed by atoms with Gasteiger partial charge in [-0.2, -0.15) is 4.98 Å². The van der Waals surface area contributed by atoms with Gasteiger partial charge < -0.3 is 0 Å². The van der Waals surface area contributed by atoms with E-state index in [2.05, 4.69) is 32.4 Å². The van der Waals surface area contributed by atoms with Gasteiger partial charge in [0, 0.05) is 23.8 Å². The Bertz CT molecular complexity index is 641. The molecule has 0 unspecified atom stereocenters. The lowest BCUT2D eigenvalue weighted by molar-refractivity contribution is 0.804. The monoisotopic (exact) mass is 278 g/mol. The van der Waals surface area contributed by atoms with Crippen LogP contribution < -0.4 is 16.5 Å². The van der Waals surface area contributed by atoms with Crippen molar-refractivity contribution in [2.45, 2.75) is 0 Å². The molecule has 0 spiro atoms. The molecule has 0 amide bonds. The first kappa shape index (κ1) is 13.2. The molecule has 0 aromatic carbocycles. The smallest absolute Gasteiger partial charge is 0.289 e. The van der Waals surface area contributed by atoms with E-state index >= 15 is 0 Å². The summed E-state index contributed by atoms with van der Waals surface area (Å²) in [5.74, 6) is 0.535. The van der Waals surface area contributed by atoms with Crippen molar-refractivity contribution >= 4 is 17.5 Å². The molecule has 2 heterocycles. The number of nitrogens with zero attached hydrogens (tertiary/aromatic N) is 4. The summed E-state index contributed by atoms with van der Waals surface area (Å²) in [5.41, 5.74) is 4.94. The zero-order valence-corrected chi connectivity index (χ0v) is 10.6. The van der Waals surface area contributed by atoms with E-state index < -0.39 is 5.69 Å². The Morgan fingerprint density at radius 3 is 3.00 bits per heavy atom. The quantitative estimate of drug-likeness (QED) is 0.478. The topological polar surface area (TPSA) is 84.7 Å². The zero-order chi connectivity index (χ0) is 13.7. The van der Waals surface area contributed by atoms with Crippen molar-refractivity contribution in [2.75, 3.05) is 12.0 Å². The van der Waals surface area contributed by atoms with Crippen molar-refractivity contribution in [3.8, 4) is 5.82 Å². The molecule has 0 bridgehead atoms. The summed E-state index contributed by atoms with van der Waals surface area (Å²) in [6.07, 6.45) is 4.48. The van der Waals surface area contributed by atoms with Crippen molar-refractivity contribution in [3.63, 3.8) is 0 Å². The molecule has 0 aliphatic rings. The molecule has 0 aliphatic carbocycles. The molecule has 0 radical (unpaired) electrons. The predicted octanol–water partition coefficient (Wildman–Crippen LogP) is 0.778. The first-order valence-corrected chi connectivity index (χ1v) is 5.76. The fraction of sp³-hybridized carbons (Fsp3) is 0.0909. The molecular formula is C11H11ClN6O. The third-order valence-corrected chi connectivity index (χ3v) is 2.34. The molecule has 2 N–H and O–H groups in total. The van der Waals surface area contributed by atoms with Crippen LogP contribution in [0.15, 0.2) is 42.1 Å². The average Bonchev–Trinajstić information content (AvgIpc) is 2.39. The van der Waals surface area contributed by atoms with Gasteiger partial charge in [-0.05, 0) is 6.07 Å². The van der Waals surface area contributed by atoms with Crippen molar-refractivity contribution in [1.29, 1.82) is 0 Å². The second-order valence-corrected chi connectivity index (χ2v) is 3.90. The standard InChI is InChI=1S/C11H11ClN6O/c1-2-4-15-17-10-14-7-18(11(19)16-10)9-6-8(12)3-5-13-9/h2-3,5-7,15H,1,4H2,(H,16,17,19). The summed E-state index contributed by atoms with van der Waals surface area (Å²) >= 11 is 5.83. The Morgan fingerprint density at radius 2 is 2.32 bits per heavy atom. The number of aromatic nitrogens is 4. The van der Waals surface area contributed by atoms with Crippen molar-refractivity contribution < 1.29 is 0 Å². The van der Waals surface area contributed by atoms with Gasteiger partial charge in [-0.1, -0.05) is 17.7 Å². The Balaban J connectivity index is 2.24. The van der Waals surface area contributed by atoms with Gasteiger partial charge >= 0.3 is 5.69 Å². The maximum Gasteiger partial charge on any atom is 0.357 e. The molecule has 98 valence electrons. The van der Waals surface area contributed by atoms with Crippen LogP contribution in [0.2, 0.25) is 5.02 Å². The minimum atomic E-state index is -0.507. The van der Waals surface area contributed by atoms with Gasteiger partial charge in [-0.3, -0.25) is 5.43 Å². The Kier molecular flexibility index (Phi) is 4.22. The molecule has 8 heteroatoms. The van der Waals surface area contributed by atoms with Crippen molar-refractivity contribution in [3.05, 3.63) is 52.8 Å². The Hall–Kier alpha value is -2.25. The average molecular weight is 279 g/mol. The minimum Gasteiger partial charge on any atom is -0.289 e. The van der Waals surface area contributed by atoms with E-state index in [-0.39, 0.29) is 5.95 Å². The van der Waals surface area contributed by atoms with E-state index in [0.717, 1.165) is 0 Å². The van der Waals surface area contributed by atoms with E-state index in [1.165, 1.54) is 17.1 Å². The fourth-order valence-electron chi connectivity index (χ4n) is 1.28. The SMILES string of the molecule is C=CCNNc1ncn(-c2cc(Cl)ccn2)c(=O)n1. The number of rotatable bonds is 5. The third kappa shape index (κ3) is 3.36. The predicted molar refractivity (Wildman–Crippen MR) is 72.3 cm³/mol. The molecular weight excluding hydrogens is 268 g/mol. The van der Waals surface area contributed by atoms with Gasteiger partial charge in [0.05, 0.1) is 0 Å².